The fourth-order valence-electron chi connectivity index (χ4n) is 4.37. The second-order valence-electron chi connectivity index (χ2n) is 7.93. The zero-order valence-electron chi connectivity index (χ0n) is 17.3. The summed E-state index contributed by atoms with van der Waals surface area (Å²) < 4.78 is 7.59. The van der Waals surface area contributed by atoms with E-state index >= 15 is 0 Å². The Morgan fingerprint density at radius 2 is 1.93 bits per heavy atom. The molecule has 0 saturated carbocycles. The van der Waals surface area contributed by atoms with Crippen molar-refractivity contribution >= 4 is 22.6 Å². The SMILES string of the molecule is Cn1c(-c2cccc(N3CCN(C(=O)[C@H]4COCCN4)CC3)c2)nc2ccccc21. The number of imidazole rings is 1. The summed E-state index contributed by atoms with van der Waals surface area (Å²) in [7, 11) is 2.06. The standard InChI is InChI=1S/C23H27N5O2/c1-26-21-8-3-2-7-19(21)25-22(26)17-5-4-6-18(15-17)27-10-12-28(13-11-27)23(29)20-16-30-14-9-24-20/h2-8,15,20,24H,9-14,16H2,1H3/t20-/m1/s1. The fraction of sp³-hybridized carbons (Fsp3) is 0.391. The summed E-state index contributed by atoms with van der Waals surface area (Å²) in [5.41, 5.74) is 4.41. The van der Waals surface area contributed by atoms with Crippen LogP contribution in [0, 0.1) is 0 Å². The molecule has 30 heavy (non-hydrogen) atoms. The highest BCUT2D eigenvalue weighted by Gasteiger charge is 2.29. The number of fused-ring (bicyclic) bond motifs is 1. The molecule has 0 bridgehead atoms. The Balaban J connectivity index is 1.30. The van der Waals surface area contributed by atoms with Crippen molar-refractivity contribution in [2.45, 2.75) is 6.04 Å². The van der Waals surface area contributed by atoms with Gasteiger partial charge in [-0.15, -0.1) is 0 Å². The van der Waals surface area contributed by atoms with Crippen LogP contribution < -0.4 is 10.2 Å². The van der Waals surface area contributed by atoms with Gasteiger partial charge in [0, 0.05) is 51.0 Å². The first kappa shape index (κ1) is 19.1. The van der Waals surface area contributed by atoms with E-state index in [9.17, 15) is 4.79 Å². The number of aryl methyl sites for hydroxylation is 1. The number of para-hydroxylation sites is 2. The van der Waals surface area contributed by atoms with Crippen molar-refractivity contribution in [2.75, 3.05) is 50.8 Å². The number of aromatic nitrogens is 2. The van der Waals surface area contributed by atoms with Gasteiger partial charge in [-0.1, -0.05) is 24.3 Å². The van der Waals surface area contributed by atoms with Crippen molar-refractivity contribution < 1.29 is 9.53 Å². The number of anilines is 1. The zero-order valence-corrected chi connectivity index (χ0v) is 17.3. The molecule has 7 nitrogen and oxygen atoms in total. The Morgan fingerprint density at radius 1 is 1.10 bits per heavy atom. The van der Waals surface area contributed by atoms with Crippen molar-refractivity contribution in [3.8, 4) is 11.4 Å². The number of piperazine rings is 1. The van der Waals surface area contributed by atoms with Crippen LogP contribution in [0.3, 0.4) is 0 Å². The minimum Gasteiger partial charge on any atom is -0.378 e. The summed E-state index contributed by atoms with van der Waals surface area (Å²) in [6, 6.07) is 16.5. The second kappa shape index (κ2) is 8.08. The Morgan fingerprint density at radius 3 is 2.70 bits per heavy atom. The van der Waals surface area contributed by atoms with E-state index < -0.39 is 0 Å². The first-order chi connectivity index (χ1) is 14.7. The Kier molecular flexibility index (Phi) is 5.14. The van der Waals surface area contributed by atoms with E-state index in [0.717, 1.165) is 55.1 Å². The summed E-state index contributed by atoms with van der Waals surface area (Å²) in [5.74, 6) is 1.12. The van der Waals surface area contributed by atoms with E-state index in [1.165, 1.54) is 5.69 Å². The highest BCUT2D eigenvalue weighted by atomic mass is 16.5. The van der Waals surface area contributed by atoms with Crippen molar-refractivity contribution in [2.24, 2.45) is 7.05 Å². The minimum atomic E-state index is -0.203. The zero-order chi connectivity index (χ0) is 20.5. The lowest BCUT2D eigenvalue weighted by Crippen LogP contribution is -2.57. The average Bonchev–Trinajstić information content (AvgIpc) is 3.16. The van der Waals surface area contributed by atoms with Crippen molar-refractivity contribution in [1.82, 2.24) is 19.8 Å². The molecular weight excluding hydrogens is 378 g/mol. The molecule has 0 radical (unpaired) electrons. The third-order valence-electron chi connectivity index (χ3n) is 6.07. The summed E-state index contributed by atoms with van der Waals surface area (Å²) in [6.45, 7) is 5.00. The predicted molar refractivity (Wildman–Crippen MR) is 118 cm³/mol. The quantitative estimate of drug-likeness (QED) is 0.721. The van der Waals surface area contributed by atoms with Gasteiger partial charge < -0.3 is 24.4 Å². The normalized spacial score (nSPS) is 20.0. The molecule has 156 valence electrons. The molecule has 7 heteroatoms. The van der Waals surface area contributed by atoms with Crippen LogP contribution in [0.4, 0.5) is 5.69 Å². The number of ether oxygens (including phenoxy) is 1. The molecule has 1 N–H and O–H groups in total. The van der Waals surface area contributed by atoms with Crippen LogP contribution in [-0.2, 0) is 16.6 Å². The smallest absolute Gasteiger partial charge is 0.242 e. The number of nitrogens with zero attached hydrogens (tertiary/aromatic N) is 4. The molecule has 1 atom stereocenters. The number of carbonyl (C=O) groups excluding carboxylic acids is 1. The van der Waals surface area contributed by atoms with Crippen LogP contribution in [0.25, 0.3) is 22.4 Å². The average molecular weight is 406 g/mol. The van der Waals surface area contributed by atoms with Gasteiger partial charge in [-0.25, -0.2) is 4.98 Å². The molecule has 2 fully saturated rings. The van der Waals surface area contributed by atoms with E-state index in [1.807, 2.05) is 23.1 Å². The van der Waals surface area contributed by atoms with Gasteiger partial charge in [0.05, 0.1) is 24.2 Å². The van der Waals surface area contributed by atoms with Crippen LogP contribution in [0.5, 0.6) is 0 Å². The number of nitrogens with one attached hydrogen (secondary N) is 1. The third-order valence-corrected chi connectivity index (χ3v) is 6.07. The Hall–Kier alpha value is -2.90. The van der Waals surface area contributed by atoms with E-state index in [4.69, 9.17) is 9.72 Å². The fourth-order valence-corrected chi connectivity index (χ4v) is 4.37. The molecule has 3 heterocycles. The predicted octanol–water partition coefficient (Wildman–Crippen LogP) is 1.88. The van der Waals surface area contributed by atoms with Gasteiger partial charge in [0.25, 0.3) is 0 Å². The summed E-state index contributed by atoms with van der Waals surface area (Å²) >= 11 is 0. The largest absolute Gasteiger partial charge is 0.378 e. The first-order valence-corrected chi connectivity index (χ1v) is 10.6. The topological polar surface area (TPSA) is 62.6 Å². The van der Waals surface area contributed by atoms with Crippen LogP contribution >= 0.6 is 0 Å². The highest BCUT2D eigenvalue weighted by molar-refractivity contribution is 5.83. The maximum absolute atomic E-state index is 12.7. The minimum absolute atomic E-state index is 0.155. The van der Waals surface area contributed by atoms with E-state index in [0.29, 0.717) is 13.2 Å². The molecule has 0 aliphatic carbocycles. The maximum atomic E-state index is 12.7. The summed E-state index contributed by atoms with van der Waals surface area (Å²) in [4.78, 5) is 21.8. The highest BCUT2D eigenvalue weighted by Crippen LogP contribution is 2.27. The first-order valence-electron chi connectivity index (χ1n) is 10.6. The molecule has 2 aliphatic rings. The van der Waals surface area contributed by atoms with Gasteiger partial charge in [0.1, 0.15) is 11.9 Å². The number of hydrogen-bond donors (Lipinski definition) is 1. The lowest BCUT2D eigenvalue weighted by Gasteiger charge is -2.38. The van der Waals surface area contributed by atoms with Crippen molar-refractivity contribution in [3.63, 3.8) is 0 Å². The molecule has 5 rings (SSSR count). The molecule has 3 aromatic rings. The Bertz CT molecular complexity index is 1050. The van der Waals surface area contributed by atoms with Crippen LogP contribution in [0.15, 0.2) is 48.5 Å². The van der Waals surface area contributed by atoms with Crippen LogP contribution in [0.2, 0.25) is 0 Å². The number of amides is 1. The van der Waals surface area contributed by atoms with Gasteiger partial charge >= 0.3 is 0 Å². The third kappa shape index (κ3) is 3.55. The van der Waals surface area contributed by atoms with Crippen LogP contribution in [-0.4, -0.2) is 72.3 Å². The molecule has 2 aromatic carbocycles. The Labute approximate surface area is 176 Å². The number of carbonyl (C=O) groups is 1. The molecule has 1 amide bonds. The number of benzene rings is 2. The lowest BCUT2D eigenvalue weighted by molar-refractivity contribution is -0.136. The molecule has 0 unspecified atom stereocenters. The van der Waals surface area contributed by atoms with E-state index in [-0.39, 0.29) is 11.9 Å². The molecular formula is C23H27N5O2. The van der Waals surface area contributed by atoms with Gasteiger partial charge in [-0.05, 0) is 24.3 Å². The van der Waals surface area contributed by atoms with Crippen LogP contribution in [0.1, 0.15) is 0 Å². The second-order valence-corrected chi connectivity index (χ2v) is 7.93. The lowest BCUT2D eigenvalue weighted by atomic mass is 10.1. The molecule has 1 aromatic heterocycles. The molecule has 0 spiro atoms. The van der Waals surface area contributed by atoms with Gasteiger partial charge in [0.2, 0.25) is 5.91 Å². The van der Waals surface area contributed by atoms with Crippen molar-refractivity contribution in [3.05, 3.63) is 48.5 Å². The maximum Gasteiger partial charge on any atom is 0.242 e. The van der Waals surface area contributed by atoms with Gasteiger partial charge in [-0.3, -0.25) is 4.79 Å². The van der Waals surface area contributed by atoms with E-state index in [1.54, 1.807) is 0 Å². The number of morpholine rings is 1. The monoisotopic (exact) mass is 405 g/mol. The van der Waals surface area contributed by atoms with Gasteiger partial charge in [-0.2, -0.15) is 0 Å². The molecule has 2 aliphatic heterocycles. The van der Waals surface area contributed by atoms with Gasteiger partial charge in [0.15, 0.2) is 0 Å². The van der Waals surface area contributed by atoms with Crippen molar-refractivity contribution in [1.29, 1.82) is 0 Å². The summed E-state index contributed by atoms with van der Waals surface area (Å²) in [5, 5.41) is 3.26. The number of rotatable bonds is 3. The number of hydrogen-bond acceptors (Lipinski definition) is 5. The van der Waals surface area contributed by atoms with E-state index in [2.05, 4.69) is 52.2 Å². The summed E-state index contributed by atoms with van der Waals surface area (Å²) in [6.07, 6.45) is 0. The molecule has 2 saturated heterocycles.